The second-order valence-corrected chi connectivity index (χ2v) is 13.6. The average Bonchev–Trinajstić information content (AvgIpc) is 3.06. The van der Waals surface area contributed by atoms with Crippen LogP contribution in [-0.2, 0) is 32.6 Å². The Balaban J connectivity index is 1.80. The molecule has 4 rings (SSSR count). The quantitative estimate of drug-likeness (QED) is 0.159. The Bertz CT molecular complexity index is 1720. The molecule has 0 unspecified atom stereocenters. The Hall–Kier alpha value is -4.05. The van der Waals surface area contributed by atoms with Gasteiger partial charge in [0.2, 0.25) is 11.8 Å². The van der Waals surface area contributed by atoms with Crippen molar-refractivity contribution in [2.75, 3.05) is 18.0 Å². The summed E-state index contributed by atoms with van der Waals surface area (Å²) in [6.45, 7) is 3.28. The van der Waals surface area contributed by atoms with Crippen LogP contribution in [0, 0.1) is 0 Å². The van der Waals surface area contributed by atoms with Crippen molar-refractivity contribution < 1.29 is 22.7 Å². The van der Waals surface area contributed by atoms with Gasteiger partial charge in [0, 0.05) is 29.1 Å². The van der Waals surface area contributed by atoms with Gasteiger partial charge in [-0.2, -0.15) is 0 Å². The second kappa shape index (κ2) is 16.0. The number of benzene rings is 4. The normalized spacial score (nSPS) is 12.5. The summed E-state index contributed by atoms with van der Waals surface area (Å²) in [6, 6.07) is 27.4. The third-order valence-corrected chi connectivity index (χ3v) is 9.83. The predicted molar refractivity (Wildman–Crippen MR) is 183 cm³/mol. The fourth-order valence-corrected chi connectivity index (χ4v) is 6.59. The monoisotopic (exact) mass is 681 g/mol. The summed E-state index contributed by atoms with van der Waals surface area (Å²) in [5, 5.41) is 3.90. The first-order valence-electron chi connectivity index (χ1n) is 14.8. The lowest BCUT2D eigenvalue weighted by atomic mass is 10.0. The molecular weight excluding hydrogens is 645 g/mol. The van der Waals surface area contributed by atoms with Crippen molar-refractivity contribution in [1.29, 1.82) is 0 Å². The highest BCUT2D eigenvalue weighted by Crippen LogP contribution is 2.27. The Kier molecular flexibility index (Phi) is 12.1. The van der Waals surface area contributed by atoms with Crippen LogP contribution in [0.15, 0.2) is 108 Å². The molecule has 2 amide bonds. The third kappa shape index (κ3) is 9.02. The molecule has 0 saturated carbocycles. The zero-order valence-corrected chi connectivity index (χ0v) is 28.2. The highest BCUT2D eigenvalue weighted by atomic mass is 35.5. The van der Waals surface area contributed by atoms with E-state index in [1.165, 1.54) is 48.4 Å². The van der Waals surface area contributed by atoms with Gasteiger partial charge in [-0.15, -0.1) is 0 Å². The number of anilines is 1. The molecule has 2 atom stereocenters. The number of methoxy groups -OCH3 is 1. The number of amides is 2. The van der Waals surface area contributed by atoms with E-state index in [9.17, 15) is 18.0 Å². The summed E-state index contributed by atoms with van der Waals surface area (Å²) in [7, 11) is -2.78. The molecule has 0 bridgehead atoms. The number of ether oxygens (including phenoxy) is 1. The molecule has 0 spiro atoms. The minimum Gasteiger partial charge on any atom is -0.497 e. The molecule has 11 heteroatoms. The average molecular weight is 683 g/mol. The van der Waals surface area contributed by atoms with Crippen molar-refractivity contribution in [1.82, 2.24) is 10.2 Å². The summed E-state index contributed by atoms with van der Waals surface area (Å²) in [5.41, 5.74) is 1.77. The number of nitrogens with zero attached hydrogens (tertiary/aromatic N) is 2. The van der Waals surface area contributed by atoms with E-state index in [2.05, 4.69) is 5.32 Å². The van der Waals surface area contributed by atoms with Gasteiger partial charge >= 0.3 is 0 Å². The summed E-state index contributed by atoms with van der Waals surface area (Å²) < 4.78 is 34.5. The fraction of sp³-hybridized carbons (Fsp3) is 0.257. The molecule has 4 aromatic rings. The zero-order chi connectivity index (χ0) is 33.3. The minimum atomic E-state index is -4.26. The van der Waals surface area contributed by atoms with Crippen molar-refractivity contribution >= 4 is 50.7 Å². The van der Waals surface area contributed by atoms with Gasteiger partial charge in [0.25, 0.3) is 10.0 Å². The number of hydrogen-bond acceptors (Lipinski definition) is 5. The maximum absolute atomic E-state index is 14.5. The van der Waals surface area contributed by atoms with E-state index in [4.69, 9.17) is 27.9 Å². The maximum Gasteiger partial charge on any atom is 0.264 e. The lowest BCUT2D eigenvalue weighted by Gasteiger charge is -2.34. The predicted octanol–water partition coefficient (Wildman–Crippen LogP) is 6.75. The number of halogens is 2. The van der Waals surface area contributed by atoms with Crippen LogP contribution in [0.5, 0.6) is 5.75 Å². The topological polar surface area (TPSA) is 96.0 Å². The largest absolute Gasteiger partial charge is 0.497 e. The number of hydrogen-bond donors (Lipinski definition) is 1. The van der Waals surface area contributed by atoms with Crippen molar-refractivity contribution in [2.24, 2.45) is 0 Å². The Labute approximate surface area is 280 Å². The van der Waals surface area contributed by atoms with Crippen molar-refractivity contribution in [3.8, 4) is 5.75 Å². The second-order valence-electron chi connectivity index (χ2n) is 10.8. The van der Waals surface area contributed by atoms with E-state index in [0.29, 0.717) is 27.8 Å². The molecule has 0 heterocycles. The summed E-state index contributed by atoms with van der Waals surface area (Å²) in [5.74, 6) is -0.436. The van der Waals surface area contributed by atoms with Gasteiger partial charge in [-0.1, -0.05) is 72.6 Å². The lowest BCUT2D eigenvalue weighted by molar-refractivity contribution is -0.140. The van der Waals surface area contributed by atoms with Crippen LogP contribution in [0.4, 0.5) is 5.69 Å². The first kappa shape index (κ1) is 34.8. The van der Waals surface area contributed by atoms with E-state index in [1.54, 1.807) is 30.3 Å². The number of carbonyl (C=O) groups excluding carboxylic acids is 2. The van der Waals surface area contributed by atoms with Crippen LogP contribution in [0.3, 0.4) is 0 Å². The van der Waals surface area contributed by atoms with Crippen LogP contribution >= 0.6 is 23.2 Å². The summed E-state index contributed by atoms with van der Waals surface area (Å²) in [4.78, 5) is 29.8. The van der Waals surface area contributed by atoms with Crippen molar-refractivity contribution in [3.05, 3.63) is 124 Å². The van der Waals surface area contributed by atoms with Gasteiger partial charge in [0.1, 0.15) is 18.3 Å². The smallest absolute Gasteiger partial charge is 0.264 e. The van der Waals surface area contributed by atoms with Gasteiger partial charge in [-0.25, -0.2) is 8.42 Å². The number of sulfonamides is 1. The third-order valence-electron chi connectivity index (χ3n) is 7.55. The van der Waals surface area contributed by atoms with Gasteiger partial charge < -0.3 is 15.0 Å². The minimum absolute atomic E-state index is 0.0157. The van der Waals surface area contributed by atoms with Crippen LogP contribution in [0.1, 0.15) is 31.4 Å². The molecule has 0 aliphatic carbocycles. The number of nitrogens with one attached hydrogen (secondary N) is 1. The zero-order valence-electron chi connectivity index (χ0n) is 25.9. The van der Waals surface area contributed by atoms with E-state index in [0.717, 1.165) is 9.87 Å². The molecule has 0 saturated heterocycles. The van der Waals surface area contributed by atoms with Crippen molar-refractivity contribution in [2.45, 2.75) is 50.2 Å². The summed E-state index contributed by atoms with van der Waals surface area (Å²) in [6.07, 6.45) is 0.901. The van der Waals surface area contributed by atoms with Crippen LogP contribution in [-0.4, -0.2) is 50.9 Å². The molecule has 1 N–H and O–H groups in total. The van der Waals surface area contributed by atoms with Gasteiger partial charge in [0.15, 0.2) is 0 Å². The molecule has 4 aromatic carbocycles. The highest BCUT2D eigenvalue weighted by Gasteiger charge is 2.35. The van der Waals surface area contributed by atoms with E-state index < -0.39 is 28.5 Å². The Morgan fingerprint density at radius 3 is 2.11 bits per heavy atom. The van der Waals surface area contributed by atoms with Crippen molar-refractivity contribution in [3.63, 3.8) is 0 Å². The SMILES string of the molecule is CC[C@@H](C)NC(=O)[C@H](Cc1ccccc1)N(Cc1cccc(Cl)c1)C(=O)CN(c1ccc(Cl)cc1)S(=O)(=O)c1ccc(OC)cc1. The van der Waals surface area contributed by atoms with Crippen LogP contribution in [0.2, 0.25) is 10.0 Å². The molecule has 0 fully saturated rings. The maximum atomic E-state index is 14.5. The number of carbonyl (C=O) groups is 2. The van der Waals surface area contributed by atoms with Gasteiger partial charge in [-0.05, 0) is 85.1 Å². The number of rotatable bonds is 14. The molecular formula is C35H37Cl2N3O5S. The van der Waals surface area contributed by atoms with Gasteiger partial charge in [-0.3, -0.25) is 13.9 Å². The van der Waals surface area contributed by atoms with Crippen LogP contribution < -0.4 is 14.4 Å². The highest BCUT2D eigenvalue weighted by molar-refractivity contribution is 7.92. The first-order valence-corrected chi connectivity index (χ1v) is 17.0. The van der Waals surface area contributed by atoms with Gasteiger partial charge in [0.05, 0.1) is 17.7 Å². The summed E-state index contributed by atoms with van der Waals surface area (Å²) >= 11 is 12.4. The Morgan fingerprint density at radius 1 is 0.848 bits per heavy atom. The first-order chi connectivity index (χ1) is 22.0. The molecule has 0 aromatic heterocycles. The van der Waals surface area contributed by atoms with E-state index in [-0.39, 0.29) is 35.5 Å². The van der Waals surface area contributed by atoms with E-state index in [1.807, 2.05) is 50.2 Å². The molecule has 0 aliphatic rings. The molecule has 8 nitrogen and oxygen atoms in total. The van der Waals surface area contributed by atoms with Crippen LogP contribution in [0.25, 0.3) is 0 Å². The fourth-order valence-electron chi connectivity index (χ4n) is 4.84. The molecule has 46 heavy (non-hydrogen) atoms. The molecule has 0 radical (unpaired) electrons. The standard InChI is InChI=1S/C35H37Cl2N3O5S/c1-4-25(2)38-35(42)33(22-26-9-6-5-7-10-26)39(23-27-11-8-12-29(37)21-27)34(41)24-40(30-15-13-28(36)14-16-30)46(43,44)32-19-17-31(45-3)18-20-32/h5-21,25,33H,4,22-24H2,1-3H3,(H,38,42)/t25-,33+/m1/s1. The molecule has 0 aliphatic heterocycles. The Morgan fingerprint density at radius 2 is 1.50 bits per heavy atom. The molecule has 242 valence electrons. The van der Waals surface area contributed by atoms with E-state index >= 15 is 0 Å². The lowest BCUT2D eigenvalue weighted by Crippen LogP contribution is -2.54.